The summed E-state index contributed by atoms with van der Waals surface area (Å²) in [5.41, 5.74) is 7.35. The topological polar surface area (TPSA) is 43.1 Å². The molecular formula is C9H7NOS2. The van der Waals surface area contributed by atoms with Crippen LogP contribution in [-0.4, -0.2) is 0 Å². The van der Waals surface area contributed by atoms with E-state index < -0.39 is 0 Å². The molecule has 0 aliphatic rings. The van der Waals surface area contributed by atoms with Gasteiger partial charge in [-0.05, 0) is 28.0 Å². The standard InChI is InChI=1S/C9H7NOS2/c10-7-3-1-6(2-4-7)8-5-9(11)13-12-8/h1-5H,10H2. The summed E-state index contributed by atoms with van der Waals surface area (Å²) in [6, 6.07) is 9.18. The Hall–Kier alpha value is -1.13. The minimum atomic E-state index is 0.108. The molecule has 2 aromatic rings. The molecule has 0 aliphatic heterocycles. The third-order valence-electron chi connectivity index (χ3n) is 1.66. The van der Waals surface area contributed by atoms with Crippen molar-refractivity contribution in [1.82, 2.24) is 0 Å². The van der Waals surface area contributed by atoms with E-state index in [4.69, 9.17) is 5.73 Å². The van der Waals surface area contributed by atoms with Gasteiger partial charge in [-0.3, -0.25) is 4.79 Å². The van der Waals surface area contributed by atoms with Crippen LogP contribution in [0, 0.1) is 0 Å². The minimum absolute atomic E-state index is 0.108. The van der Waals surface area contributed by atoms with Crippen molar-refractivity contribution < 1.29 is 0 Å². The molecule has 0 saturated heterocycles. The summed E-state index contributed by atoms with van der Waals surface area (Å²) in [6.45, 7) is 0. The van der Waals surface area contributed by atoms with Crippen molar-refractivity contribution >= 4 is 26.4 Å². The van der Waals surface area contributed by atoms with Gasteiger partial charge >= 0.3 is 0 Å². The number of nitrogens with two attached hydrogens (primary N) is 1. The maximum Gasteiger partial charge on any atom is 0.243 e. The van der Waals surface area contributed by atoms with Crippen LogP contribution in [0.4, 0.5) is 5.69 Å². The third-order valence-corrected chi connectivity index (χ3v) is 3.84. The molecule has 1 heterocycles. The summed E-state index contributed by atoms with van der Waals surface area (Å²) < 4.78 is 0.108. The quantitative estimate of drug-likeness (QED) is 0.579. The van der Waals surface area contributed by atoms with Gasteiger partial charge in [0.25, 0.3) is 0 Å². The van der Waals surface area contributed by atoms with Crippen molar-refractivity contribution in [2.24, 2.45) is 0 Å². The van der Waals surface area contributed by atoms with Gasteiger partial charge in [0.15, 0.2) is 0 Å². The molecule has 1 aromatic carbocycles. The Balaban J connectivity index is 2.47. The molecule has 0 spiro atoms. The molecule has 0 atom stereocenters. The Morgan fingerprint density at radius 1 is 1.08 bits per heavy atom. The molecule has 2 N–H and O–H groups in total. The summed E-state index contributed by atoms with van der Waals surface area (Å²) in [7, 11) is 2.76. The first-order valence-electron chi connectivity index (χ1n) is 3.72. The van der Waals surface area contributed by atoms with Crippen molar-refractivity contribution in [2.75, 3.05) is 5.73 Å². The second kappa shape index (κ2) is 3.32. The number of benzene rings is 1. The molecule has 1 aromatic heterocycles. The van der Waals surface area contributed by atoms with Crippen molar-refractivity contribution in [1.29, 1.82) is 0 Å². The summed E-state index contributed by atoms with van der Waals surface area (Å²) in [6.07, 6.45) is 0. The van der Waals surface area contributed by atoms with Crippen LogP contribution in [0.25, 0.3) is 10.4 Å². The first-order valence-corrected chi connectivity index (χ1v) is 5.87. The van der Waals surface area contributed by atoms with Gasteiger partial charge < -0.3 is 5.73 Å². The van der Waals surface area contributed by atoms with E-state index in [9.17, 15) is 4.79 Å². The maximum atomic E-state index is 10.9. The molecule has 66 valence electrons. The van der Waals surface area contributed by atoms with Crippen LogP contribution in [-0.2, 0) is 0 Å². The van der Waals surface area contributed by atoms with Gasteiger partial charge in [0.1, 0.15) is 0 Å². The monoisotopic (exact) mass is 209 g/mol. The van der Waals surface area contributed by atoms with Crippen LogP contribution >= 0.6 is 20.7 Å². The number of rotatable bonds is 1. The highest BCUT2D eigenvalue weighted by atomic mass is 32.9. The average molecular weight is 209 g/mol. The second-order valence-corrected chi connectivity index (χ2v) is 4.79. The second-order valence-electron chi connectivity index (χ2n) is 2.62. The van der Waals surface area contributed by atoms with Gasteiger partial charge in [-0.15, -0.1) is 0 Å². The van der Waals surface area contributed by atoms with E-state index in [1.165, 1.54) is 20.7 Å². The zero-order valence-electron chi connectivity index (χ0n) is 6.69. The zero-order chi connectivity index (χ0) is 9.26. The highest BCUT2D eigenvalue weighted by molar-refractivity contribution is 7.69. The van der Waals surface area contributed by atoms with Crippen LogP contribution in [0.1, 0.15) is 0 Å². The number of hydrogen-bond acceptors (Lipinski definition) is 4. The van der Waals surface area contributed by atoms with Crippen molar-refractivity contribution in [2.45, 2.75) is 0 Å². The van der Waals surface area contributed by atoms with Gasteiger partial charge in [0.2, 0.25) is 4.74 Å². The molecular weight excluding hydrogens is 202 g/mol. The molecule has 2 nitrogen and oxygen atoms in total. The van der Waals surface area contributed by atoms with Gasteiger partial charge in [-0.2, -0.15) is 0 Å². The van der Waals surface area contributed by atoms with E-state index in [0.717, 1.165) is 16.1 Å². The number of anilines is 1. The normalized spacial score (nSPS) is 10.2. The predicted octanol–water partition coefficient (Wildman–Crippen LogP) is 2.42. The molecule has 2 rings (SSSR count). The summed E-state index contributed by atoms with van der Waals surface area (Å²) in [5, 5.41) is 0. The Labute approximate surface area is 82.7 Å². The fraction of sp³-hybridized carbons (Fsp3) is 0. The Morgan fingerprint density at radius 2 is 1.77 bits per heavy atom. The lowest BCUT2D eigenvalue weighted by Crippen LogP contribution is -1.84. The van der Waals surface area contributed by atoms with Gasteiger partial charge in [-0.1, -0.05) is 22.5 Å². The molecule has 0 fully saturated rings. The van der Waals surface area contributed by atoms with Gasteiger partial charge in [-0.25, -0.2) is 0 Å². The van der Waals surface area contributed by atoms with Crippen LogP contribution < -0.4 is 10.5 Å². The van der Waals surface area contributed by atoms with Crippen molar-refractivity contribution in [3.8, 4) is 10.4 Å². The molecule has 4 heteroatoms. The van der Waals surface area contributed by atoms with Crippen LogP contribution in [0.3, 0.4) is 0 Å². The summed E-state index contributed by atoms with van der Waals surface area (Å²) in [5.74, 6) is 0. The SMILES string of the molecule is Nc1ccc(-c2cc(=O)ss2)cc1. The van der Waals surface area contributed by atoms with E-state index in [1.54, 1.807) is 6.07 Å². The fourth-order valence-corrected chi connectivity index (χ4v) is 2.91. The average Bonchev–Trinajstić information content (AvgIpc) is 2.53. The Bertz CT molecular complexity index is 455. The Kier molecular flexibility index (Phi) is 2.16. The van der Waals surface area contributed by atoms with Crippen molar-refractivity contribution in [3.05, 3.63) is 39.9 Å². The molecule has 0 radical (unpaired) electrons. The van der Waals surface area contributed by atoms with Crippen LogP contribution in [0.5, 0.6) is 0 Å². The summed E-state index contributed by atoms with van der Waals surface area (Å²) >= 11 is 0. The molecule has 0 unspecified atom stereocenters. The predicted molar refractivity (Wildman–Crippen MR) is 58.3 cm³/mol. The zero-order valence-corrected chi connectivity index (χ0v) is 8.32. The highest BCUT2D eigenvalue weighted by Crippen LogP contribution is 2.25. The van der Waals surface area contributed by atoms with E-state index >= 15 is 0 Å². The minimum Gasteiger partial charge on any atom is -0.399 e. The van der Waals surface area contributed by atoms with E-state index in [2.05, 4.69) is 0 Å². The lowest BCUT2D eigenvalue weighted by molar-refractivity contribution is 1.67. The molecule has 0 saturated carbocycles. The van der Waals surface area contributed by atoms with Crippen LogP contribution in [0.2, 0.25) is 0 Å². The van der Waals surface area contributed by atoms with E-state index in [-0.39, 0.29) is 4.74 Å². The van der Waals surface area contributed by atoms with Gasteiger partial charge in [0, 0.05) is 16.6 Å². The Morgan fingerprint density at radius 3 is 2.31 bits per heavy atom. The largest absolute Gasteiger partial charge is 0.399 e. The molecule has 13 heavy (non-hydrogen) atoms. The van der Waals surface area contributed by atoms with Gasteiger partial charge in [0.05, 0.1) is 0 Å². The smallest absolute Gasteiger partial charge is 0.243 e. The first-order chi connectivity index (χ1) is 6.25. The summed E-state index contributed by atoms with van der Waals surface area (Å²) in [4.78, 5) is 11.9. The molecule has 0 aliphatic carbocycles. The first kappa shape index (κ1) is 8.47. The van der Waals surface area contributed by atoms with Crippen molar-refractivity contribution in [3.63, 3.8) is 0 Å². The third kappa shape index (κ3) is 1.79. The lowest BCUT2D eigenvalue weighted by Gasteiger charge is -1.96. The van der Waals surface area contributed by atoms with Crippen LogP contribution in [0.15, 0.2) is 35.1 Å². The molecule has 0 amide bonds. The number of nitrogen functional groups attached to an aromatic ring is 1. The lowest BCUT2D eigenvalue weighted by atomic mass is 10.2. The molecule has 0 bridgehead atoms. The highest BCUT2D eigenvalue weighted by Gasteiger charge is 2.00. The fourth-order valence-electron chi connectivity index (χ4n) is 1.02. The maximum absolute atomic E-state index is 10.9. The van der Waals surface area contributed by atoms with E-state index in [1.807, 2.05) is 24.3 Å². The van der Waals surface area contributed by atoms with E-state index in [0.29, 0.717) is 0 Å². The number of hydrogen-bond donors (Lipinski definition) is 1.